The van der Waals surface area contributed by atoms with E-state index in [2.05, 4.69) is 20.0 Å². The SMILES string of the molecule is CCOc1nc(N)nc2c1ncn2[C@@H]1O[C@@H]2COP(=O)(N[C@@H](CC)COC(=O)C(C)C)O[C@H]2[C@@H]1C. The summed E-state index contributed by atoms with van der Waals surface area (Å²) in [7, 11) is -3.67. The van der Waals surface area contributed by atoms with Crippen LogP contribution in [0.1, 0.15) is 47.3 Å². The fourth-order valence-electron chi connectivity index (χ4n) is 4.08. The number of fused-ring (bicyclic) bond motifs is 2. The number of esters is 1. The molecule has 2 saturated heterocycles. The molecule has 2 aromatic rings. The molecule has 0 radical (unpaired) electrons. The molecule has 0 aliphatic carbocycles. The number of nitrogen functional groups attached to an aromatic ring is 1. The highest BCUT2D eigenvalue weighted by molar-refractivity contribution is 7.51. The molecule has 2 aliphatic rings. The number of hydrogen-bond donors (Lipinski definition) is 2. The zero-order chi connectivity index (χ0) is 25.3. The number of nitrogens with one attached hydrogen (secondary N) is 1. The average Bonchev–Trinajstić information content (AvgIpc) is 3.37. The van der Waals surface area contributed by atoms with Gasteiger partial charge in [0.1, 0.15) is 25.0 Å². The van der Waals surface area contributed by atoms with Crippen LogP contribution in [0.2, 0.25) is 0 Å². The lowest BCUT2D eigenvalue weighted by Gasteiger charge is -2.34. The topological polar surface area (TPSA) is 162 Å². The number of nitrogens with two attached hydrogens (primary N) is 1. The molecule has 4 heterocycles. The highest BCUT2D eigenvalue weighted by Gasteiger charge is 2.52. The molecule has 2 aromatic heterocycles. The first-order chi connectivity index (χ1) is 16.7. The maximum atomic E-state index is 13.4. The number of ether oxygens (including phenoxy) is 3. The number of aromatic nitrogens is 4. The second kappa shape index (κ2) is 10.4. The van der Waals surface area contributed by atoms with Gasteiger partial charge in [-0.25, -0.2) is 14.6 Å². The third-order valence-electron chi connectivity index (χ3n) is 6.01. The van der Waals surface area contributed by atoms with Gasteiger partial charge >= 0.3 is 13.7 Å². The fraction of sp³-hybridized carbons (Fsp3) is 0.714. The number of carbonyl (C=O) groups is 1. The number of carbonyl (C=O) groups excluding carboxylic acids is 1. The molecule has 3 N–H and O–H groups in total. The van der Waals surface area contributed by atoms with Crippen LogP contribution >= 0.6 is 7.75 Å². The Kier molecular flexibility index (Phi) is 7.62. The molecule has 0 bridgehead atoms. The molecule has 0 amide bonds. The van der Waals surface area contributed by atoms with Crippen LogP contribution < -0.4 is 15.6 Å². The molecule has 35 heavy (non-hydrogen) atoms. The highest BCUT2D eigenvalue weighted by Crippen LogP contribution is 2.55. The van der Waals surface area contributed by atoms with E-state index < -0.39 is 26.2 Å². The van der Waals surface area contributed by atoms with Crippen LogP contribution in [0.25, 0.3) is 11.2 Å². The number of anilines is 1. The fourth-order valence-corrected chi connectivity index (χ4v) is 5.97. The van der Waals surface area contributed by atoms with Crippen molar-refractivity contribution in [2.24, 2.45) is 11.8 Å². The molecular formula is C21H33N6O7P. The van der Waals surface area contributed by atoms with Gasteiger partial charge in [0, 0.05) is 5.92 Å². The van der Waals surface area contributed by atoms with Crippen molar-refractivity contribution in [3.05, 3.63) is 6.33 Å². The van der Waals surface area contributed by atoms with Gasteiger partial charge in [0.05, 0.1) is 31.5 Å². The number of nitrogens with zero attached hydrogens (tertiary/aromatic N) is 4. The van der Waals surface area contributed by atoms with Crippen molar-refractivity contribution in [1.82, 2.24) is 24.6 Å². The van der Waals surface area contributed by atoms with Crippen LogP contribution in [0.4, 0.5) is 5.95 Å². The van der Waals surface area contributed by atoms with Crippen LogP contribution in [0.3, 0.4) is 0 Å². The lowest BCUT2D eigenvalue weighted by atomic mass is 10.0. The summed E-state index contributed by atoms with van der Waals surface area (Å²) < 4.78 is 43.8. The van der Waals surface area contributed by atoms with E-state index in [9.17, 15) is 9.36 Å². The standard InChI is InChI=1S/C21H33N6O7P/c1-6-13(8-31-20(28)11(3)4)26-35(29)32-9-14-16(34-35)12(5)19(33-14)27-10-23-15-17(27)24-21(22)25-18(15)30-7-2/h10-14,16,19H,6-9H2,1-5H3,(H,26,29)(H2,22,24,25)/t12-,13-,14+,16-,19+,35?/m0/s1. The van der Waals surface area contributed by atoms with E-state index in [0.29, 0.717) is 30.1 Å². The van der Waals surface area contributed by atoms with Crippen molar-refractivity contribution >= 4 is 30.8 Å². The average molecular weight is 513 g/mol. The molecule has 0 spiro atoms. The summed E-state index contributed by atoms with van der Waals surface area (Å²) >= 11 is 0. The molecule has 6 atom stereocenters. The summed E-state index contributed by atoms with van der Waals surface area (Å²) in [5, 5.41) is 2.92. The highest BCUT2D eigenvalue weighted by atomic mass is 31.2. The van der Waals surface area contributed by atoms with Gasteiger partial charge in [-0.2, -0.15) is 9.97 Å². The van der Waals surface area contributed by atoms with Gasteiger partial charge in [-0.3, -0.25) is 18.4 Å². The van der Waals surface area contributed by atoms with E-state index in [0.717, 1.165) is 0 Å². The van der Waals surface area contributed by atoms with Crippen molar-refractivity contribution in [3.63, 3.8) is 0 Å². The Morgan fingerprint density at radius 1 is 1.37 bits per heavy atom. The van der Waals surface area contributed by atoms with Crippen molar-refractivity contribution in [2.45, 2.75) is 65.5 Å². The molecular weight excluding hydrogens is 479 g/mol. The van der Waals surface area contributed by atoms with Crippen molar-refractivity contribution in [2.75, 3.05) is 25.6 Å². The van der Waals surface area contributed by atoms with Gasteiger partial charge in [-0.05, 0) is 13.3 Å². The van der Waals surface area contributed by atoms with Gasteiger partial charge < -0.3 is 19.9 Å². The summed E-state index contributed by atoms with van der Waals surface area (Å²) in [6.07, 6.45) is 0.693. The van der Waals surface area contributed by atoms with E-state index in [-0.39, 0.29) is 43.0 Å². The summed E-state index contributed by atoms with van der Waals surface area (Å²) in [5.41, 5.74) is 6.82. The number of imidazole rings is 1. The molecule has 14 heteroatoms. The Morgan fingerprint density at radius 3 is 2.83 bits per heavy atom. The summed E-state index contributed by atoms with van der Waals surface area (Å²) in [4.78, 5) is 24.7. The van der Waals surface area contributed by atoms with Gasteiger partial charge in [0.25, 0.3) is 0 Å². The molecule has 0 aromatic carbocycles. The lowest BCUT2D eigenvalue weighted by molar-refractivity contribution is -0.148. The molecule has 2 fully saturated rings. The largest absolute Gasteiger partial charge is 0.476 e. The first-order valence-corrected chi connectivity index (χ1v) is 13.4. The maximum absolute atomic E-state index is 13.4. The van der Waals surface area contributed by atoms with Crippen molar-refractivity contribution in [1.29, 1.82) is 0 Å². The van der Waals surface area contributed by atoms with Gasteiger partial charge in [-0.1, -0.05) is 27.7 Å². The molecule has 1 unspecified atom stereocenters. The summed E-state index contributed by atoms with van der Waals surface area (Å²) in [5.74, 6) is -0.428. The van der Waals surface area contributed by atoms with E-state index in [1.54, 1.807) is 24.7 Å². The molecule has 0 saturated carbocycles. The first kappa shape index (κ1) is 25.8. The van der Waals surface area contributed by atoms with Crippen molar-refractivity contribution < 1.29 is 32.6 Å². The third-order valence-corrected chi connectivity index (χ3v) is 7.70. The summed E-state index contributed by atoms with van der Waals surface area (Å²) in [6.45, 7) is 9.73. The smallest absolute Gasteiger partial charge is 0.406 e. The number of rotatable bonds is 9. The van der Waals surface area contributed by atoms with Gasteiger partial charge in [-0.15, -0.1) is 0 Å². The van der Waals surface area contributed by atoms with E-state index in [4.69, 9.17) is 29.0 Å². The van der Waals surface area contributed by atoms with Crippen LogP contribution in [-0.4, -0.2) is 63.6 Å². The van der Waals surface area contributed by atoms with E-state index >= 15 is 0 Å². The Labute approximate surface area is 203 Å². The lowest BCUT2D eigenvalue weighted by Crippen LogP contribution is -2.41. The zero-order valence-corrected chi connectivity index (χ0v) is 21.4. The van der Waals surface area contributed by atoms with E-state index in [1.165, 1.54) is 0 Å². The minimum atomic E-state index is -3.67. The van der Waals surface area contributed by atoms with Gasteiger partial charge in [0.2, 0.25) is 11.8 Å². The first-order valence-electron chi connectivity index (χ1n) is 11.8. The predicted octanol–water partition coefficient (Wildman–Crippen LogP) is 2.43. The van der Waals surface area contributed by atoms with Crippen LogP contribution in [-0.2, 0) is 27.9 Å². The Morgan fingerprint density at radius 2 is 2.14 bits per heavy atom. The summed E-state index contributed by atoms with van der Waals surface area (Å²) in [6, 6.07) is -0.386. The maximum Gasteiger partial charge on any atom is 0.406 e. The minimum Gasteiger partial charge on any atom is -0.476 e. The Bertz CT molecular complexity index is 1110. The predicted molar refractivity (Wildman–Crippen MR) is 125 cm³/mol. The number of hydrogen-bond acceptors (Lipinski definition) is 11. The van der Waals surface area contributed by atoms with E-state index in [1.807, 2.05) is 20.8 Å². The monoisotopic (exact) mass is 512 g/mol. The minimum absolute atomic E-state index is 0.0582. The molecule has 194 valence electrons. The Balaban J connectivity index is 1.49. The zero-order valence-electron chi connectivity index (χ0n) is 20.5. The molecule has 2 aliphatic heterocycles. The van der Waals surface area contributed by atoms with Crippen LogP contribution in [0.5, 0.6) is 5.88 Å². The molecule has 4 rings (SSSR count). The van der Waals surface area contributed by atoms with Crippen molar-refractivity contribution in [3.8, 4) is 5.88 Å². The molecule has 13 nitrogen and oxygen atoms in total. The van der Waals surface area contributed by atoms with Crippen LogP contribution in [0, 0.1) is 11.8 Å². The quantitative estimate of drug-likeness (QED) is 0.373. The normalized spacial score (nSPS) is 29.3. The second-order valence-electron chi connectivity index (χ2n) is 8.95. The Hall–Kier alpha value is -2.31. The van der Waals surface area contributed by atoms with Gasteiger partial charge in [0.15, 0.2) is 11.2 Å². The second-order valence-corrected chi connectivity index (χ2v) is 10.7. The van der Waals surface area contributed by atoms with Crippen LogP contribution in [0.15, 0.2) is 6.33 Å². The third kappa shape index (κ3) is 5.29.